The number of phenolic OH excluding ortho intramolecular Hbond substituents is 2. The van der Waals surface area contributed by atoms with Crippen molar-refractivity contribution in [1.82, 2.24) is 5.32 Å². The number of carbonyl (C=O) groups excluding carboxylic acids is 1. The van der Waals surface area contributed by atoms with Crippen molar-refractivity contribution in [2.75, 3.05) is 0 Å². The maximum absolute atomic E-state index is 11.3. The highest BCUT2D eigenvalue weighted by Crippen LogP contribution is 2.31. The minimum atomic E-state index is -1.21. The van der Waals surface area contributed by atoms with E-state index in [1.807, 2.05) is 0 Å². The number of nitrogens with zero attached hydrogens (tertiary/aromatic N) is 2. The molecular formula is C11H11N3O5. The van der Waals surface area contributed by atoms with Crippen LogP contribution >= 0.6 is 0 Å². The van der Waals surface area contributed by atoms with Crippen LogP contribution in [0.3, 0.4) is 0 Å². The zero-order chi connectivity index (χ0) is 14.2. The predicted molar refractivity (Wildman–Crippen MR) is 64.9 cm³/mol. The molecule has 8 nitrogen and oxygen atoms in total. The van der Waals surface area contributed by atoms with Crippen molar-refractivity contribution in [1.29, 1.82) is 0 Å². The first kappa shape index (κ1) is 12.8. The van der Waals surface area contributed by atoms with Gasteiger partial charge in [0.05, 0.1) is 5.71 Å². The normalized spacial score (nSPS) is 22.6. The highest BCUT2D eigenvalue weighted by Gasteiger charge is 2.40. The first-order valence-corrected chi connectivity index (χ1v) is 5.41. The Balaban J connectivity index is 2.46. The molecule has 1 aromatic rings. The fraction of sp³-hybridized carbons (Fsp3) is 0.273. The number of urea groups is 1. The molecule has 2 atom stereocenters. The molecule has 1 aromatic carbocycles. The van der Waals surface area contributed by atoms with Crippen LogP contribution in [0.15, 0.2) is 23.2 Å². The molecule has 0 bridgehead atoms. The van der Waals surface area contributed by atoms with Gasteiger partial charge in [0, 0.05) is 4.92 Å². The van der Waals surface area contributed by atoms with Gasteiger partial charge >= 0.3 is 6.03 Å². The molecule has 1 aliphatic rings. The molecule has 19 heavy (non-hydrogen) atoms. The van der Waals surface area contributed by atoms with Gasteiger partial charge in [-0.15, -0.1) is 0 Å². The summed E-state index contributed by atoms with van der Waals surface area (Å²) in [6.07, 6.45) is 0. The number of carbonyl (C=O) groups is 1. The SMILES string of the molecule is CC1=NC(=O)NC(c2ccc(O)c(O)c2)C1[N+](=O)[O-]. The lowest BCUT2D eigenvalue weighted by Gasteiger charge is -2.25. The first-order valence-electron chi connectivity index (χ1n) is 5.41. The van der Waals surface area contributed by atoms with E-state index in [4.69, 9.17) is 0 Å². The number of nitro groups is 1. The minimum Gasteiger partial charge on any atom is -0.504 e. The number of amides is 2. The van der Waals surface area contributed by atoms with E-state index in [9.17, 15) is 25.1 Å². The molecule has 0 aliphatic carbocycles. The Morgan fingerprint density at radius 1 is 1.37 bits per heavy atom. The average molecular weight is 265 g/mol. The molecule has 0 saturated heterocycles. The van der Waals surface area contributed by atoms with Crippen molar-refractivity contribution in [3.8, 4) is 11.5 Å². The van der Waals surface area contributed by atoms with Gasteiger partial charge in [-0.1, -0.05) is 6.07 Å². The average Bonchev–Trinajstić information content (AvgIpc) is 2.31. The zero-order valence-corrected chi connectivity index (χ0v) is 9.90. The van der Waals surface area contributed by atoms with Crippen LogP contribution in [0.1, 0.15) is 18.5 Å². The van der Waals surface area contributed by atoms with Crippen LogP contribution in [0, 0.1) is 10.1 Å². The van der Waals surface area contributed by atoms with Gasteiger partial charge < -0.3 is 15.5 Å². The Bertz CT molecular complexity index is 584. The summed E-state index contributed by atoms with van der Waals surface area (Å²) in [6, 6.07) is 0.959. The molecule has 2 unspecified atom stereocenters. The second-order valence-electron chi connectivity index (χ2n) is 4.16. The number of hydrogen-bond donors (Lipinski definition) is 3. The summed E-state index contributed by atoms with van der Waals surface area (Å²) in [7, 11) is 0. The number of hydrogen-bond acceptors (Lipinski definition) is 5. The van der Waals surface area contributed by atoms with E-state index in [1.165, 1.54) is 25.1 Å². The summed E-state index contributed by atoms with van der Waals surface area (Å²) < 4.78 is 0. The molecule has 0 radical (unpaired) electrons. The van der Waals surface area contributed by atoms with Gasteiger partial charge in [0.15, 0.2) is 11.5 Å². The van der Waals surface area contributed by atoms with E-state index < -0.39 is 28.8 Å². The van der Waals surface area contributed by atoms with Crippen LogP contribution in [0.5, 0.6) is 11.5 Å². The maximum Gasteiger partial charge on any atom is 0.341 e. The van der Waals surface area contributed by atoms with E-state index in [1.54, 1.807) is 0 Å². The molecule has 2 amide bonds. The highest BCUT2D eigenvalue weighted by atomic mass is 16.6. The second-order valence-corrected chi connectivity index (χ2v) is 4.16. The molecule has 8 heteroatoms. The smallest absolute Gasteiger partial charge is 0.341 e. The first-order chi connectivity index (χ1) is 8.90. The van der Waals surface area contributed by atoms with Crippen molar-refractivity contribution in [2.24, 2.45) is 4.99 Å². The number of aromatic hydroxyl groups is 2. The van der Waals surface area contributed by atoms with Crippen molar-refractivity contribution in [2.45, 2.75) is 19.0 Å². The molecule has 1 aliphatic heterocycles. The van der Waals surface area contributed by atoms with Gasteiger partial charge in [0.25, 0.3) is 6.04 Å². The lowest BCUT2D eigenvalue weighted by molar-refractivity contribution is -0.508. The number of phenols is 2. The third kappa shape index (κ3) is 2.32. The van der Waals surface area contributed by atoms with E-state index in [-0.39, 0.29) is 11.5 Å². The Morgan fingerprint density at radius 2 is 2.05 bits per heavy atom. The van der Waals surface area contributed by atoms with Gasteiger partial charge in [-0.05, 0) is 24.6 Å². The van der Waals surface area contributed by atoms with Crippen LogP contribution < -0.4 is 5.32 Å². The minimum absolute atomic E-state index is 0.0892. The third-order valence-corrected chi connectivity index (χ3v) is 2.89. The molecule has 3 N–H and O–H groups in total. The zero-order valence-electron chi connectivity index (χ0n) is 9.90. The number of rotatable bonds is 2. The molecular weight excluding hydrogens is 254 g/mol. The van der Waals surface area contributed by atoms with Gasteiger partial charge in [-0.2, -0.15) is 4.99 Å². The Hall–Kier alpha value is -2.64. The molecule has 2 rings (SSSR count). The standard InChI is InChI=1S/C11H11N3O5/c1-5-10(14(18)19)9(13-11(17)12-5)6-2-3-7(15)8(16)4-6/h2-4,9-10,15-16H,1H3,(H,13,17). The summed E-state index contributed by atoms with van der Waals surface area (Å²) in [5.41, 5.74) is 0.408. The molecule has 0 aromatic heterocycles. The topological polar surface area (TPSA) is 125 Å². The summed E-state index contributed by atoms with van der Waals surface area (Å²) in [5.74, 6) is -0.747. The van der Waals surface area contributed by atoms with E-state index in [0.29, 0.717) is 5.56 Å². The fourth-order valence-electron chi connectivity index (χ4n) is 1.99. The van der Waals surface area contributed by atoms with Crippen LogP contribution in [0.2, 0.25) is 0 Å². The van der Waals surface area contributed by atoms with Crippen LogP contribution in [-0.2, 0) is 0 Å². The Kier molecular flexibility index (Phi) is 3.07. The highest BCUT2D eigenvalue weighted by molar-refractivity contribution is 5.99. The third-order valence-electron chi connectivity index (χ3n) is 2.89. The molecule has 1 heterocycles. The predicted octanol–water partition coefficient (Wildman–Crippen LogP) is 0.968. The monoisotopic (exact) mass is 265 g/mol. The van der Waals surface area contributed by atoms with Crippen molar-refractivity contribution in [3.05, 3.63) is 33.9 Å². The lowest BCUT2D eigenvalue weighted by atomic mass is 9.95. The van der Waals surface area contributed by atoms with Crippen LogP contribution in [0.4, 0.5) is 4.79 Å². The van der Waals surface area contributed by atoms with E-state index in [0.717, 1.165) is 0 Å². The lowest BCUT2D eigenvalue weighted by Crippen LogP contribution is -2.47. The van der Waals surface area contributed by atoms with Crippen molar-refractivity contribution in [3.63, 3.8) is 0 Å². The summed E-state index contributed by atoms with van der Waals surface area (Å²) in [5, 5.41) is 32.1. The number of benzene rings is 1. The van der Waals surface area contributed by atoms with E-state index >= 15 is 0 Å². The fourth-order valence-corrected chi connectivity index (χ4v) is 1.99. The Labute approximate surface area is 107 Å². The summed E-state index contributed by atoms with van der Waals surface area (Å²) in [6.45, 7) is 1.40. The Morgan fingerprint density at radius 3 is 2.63 bits per heavy atom. The van der Waals surface area contributed by atoms with Gasteiger partial charge in [0.1, 0.15) is 6.04 Å². The quantitative estimate of drug-likeness (QED) is 0.417. The van der Waals surface area contributed by atoms with Gasteiger partial charge in [-0.3, -0.25) is 10.1 Å². The van der Waals surface area contributed by atoms with Crippen LogP contribution in [0.25, 0.3) is 0 Å². The molecule has 100 valence electrons. The van der Waals surface area contributed by atoms with Gasteiger partial charge in [-0.25, -0.2) is 4.79 Å². The van der Waals surface area contributed by atoms with Crippen molar-refractivity contribution < 1.29 is 19.9 Å². The van der Waals surface area contributed by atoms with E-state index in [2.05, 4.69) is 10.3 Å². The van der Waals surface area contributed by atoms with Gasteiger partial charge in [0.2, 0.25) is 0 Å². The summed E-state index contributed by atoms with van der Waals surface area (Å²) in [4.78, 5) is 25.4. The summed E-state index contributed by atoms with van der Waals surface area (Å²) >= 11 is 0. The van der Waals surface area contributed by atoms with Crippen molar-refractivity contribution >= 4 is 11.7 Å². The number of aliphatic imine (C=N–C) groups is 1. The van der Waals surface area contributed by atoms with Crippen LogP contribution in [-0.4, -0.2) is 32.9 Å². The second kappa shape index (κ2) is 4.56. The maximum atomic E-state index is 11.3. The molecule has 0 saturated carbocycles. The molecule has 0 fully saturated rings. The molecule has 0 spiro atoms. The number of nitrogens with one attached hydrogen (secondary N) is 1. The largest absolute Gasteiger partial charge is 0.504 e.